The van der Waals surface area contributed by atoms with Crippen molar-refractivity contribution in [2.45, 2.75) is 18.9 Å². The fraction of sp³-hybridized carbons (Fsp3) is 0.545. The maximum atomic E-state index is 11.9. The van der Waals surface area contributed by atoms with Crippen LogP contribution < -0.4 is 11.3 Å². The van der Waals surface area contributed by atoms with Crippen molar-refractivity contribution < 1.29 is 4.79 Å². The third-order valence-corrected chi connectivity index (χ3v) is 3.05. The van der Waals surface area contributed by atoms with Gasteiger partial charge in [0.05, 0.1) is 0 Å². The molecule has 0 aromatic carbocycles. The molecular weight excluding hydrogens is 220 g/mol. The number of hydrogen-bond donors (Lipinski definition) is 2. The van der Waals surface area contributed by atoms with Gasteiger partial charge in [0, 0.05) is 25.7 Å². The van der Waals surface area contributed by atoms with Crippen molar-refractivity contribution in [1.82, 2.24) is 15.1 Å². The van der Waals surface area contributed by atoms with Crippen LogP contribution in [0.4, 0.5) is 0 Å². The Hall–Kier alpha value is -1.69. The molecule has 1 aliphatic rings. The topological polar surface area (TPSA) is 92.1 Å². The van der Waals surface area contributed by atoms with Crippen molar-refractivity contribution >= 4 is 5.91 Å². The molecule has 0 saturated heterocycles. The number of rotatable bonds is 3. The Labute approximate surface area is 98.8 Å². The maximum absolute atomic E-state index is 11.9. The zero-order valence-corrected chi connectivity index (χ0v) is 9.72. The lowest BCUT2D eigenvalue weighted by atomic mass is 9.80. The number of carbonyl (C=O) groups excluding carboxylic acids is 1. The van der Waals surface area contributed by atoms with Gasteiger partial charge in [-0.25, -0.2) is 5.10 Å². The monoisotopic (exact) mass is 236 g/mol. The SMILES string of the molecule is CN(CC1CC(N)C1)C(=O)c1ccc(=O)[nH]n1. The highest BCUT2D eigenvalue weighted by molar-refractivity contribution is 5.91. The molecular formula is C11H16N4O2. The molecule has 0 unspecified atom stereocenters. The van der Waals surface area contributed by atoms with Crippen LogP contribution in [0.3, 0.4) is 0 Å². The van der Waals surface area contributed by atoms with E-state index in [-0.39, 0.29) is 23.2 Å². The van der Waals surface area contributed by atoms with E-state index in [1.807, 2.05) is 0 Å². The van der Waals surface area contributed by atoms with Gasteiger partial charge in [-0.1, -0.05) is 0 Å². The molecule has 0 spiro atoms. The molecule has 0 aliphatic heterocycles. The summed E-state index contributed by atoms with van der Waals surface area (Å²) in [6.07, 6.45) is 1.94. The molecule has 1 heterocycles. The maximum Gasteiger partial charge on any atom is 0.274 e. The summed E-state index contributed by atoms with van der Waals surface area (Å²) in [5.41, 5.74) is 5.64. The summed E-state index contributed by atoms with van der Waals surface area (Å²) in [4.78, 5) is 24.4. The summed E-state index contributed by atoms with van der Waals surface area (Å²) in [7, 11) is 1.74. The first-order valence-corrected chi connectivity index (χ1v) is 5.63. The minimum absolute atomic E-state index is 0.179. The molecule has 2 rings (SSSR count). The van der Waals surface area contributed by atoms with Crippen LogP contribution in [-0.4, -0.2) is 40.6 Å². The summed E-state index contributed by atoms with van der Waals surface area (Å²) in [5, 5.41) is 5.96. The minimum atomic E-state index is -0.311. The molecule has 0 radical (unpaired) electrons. The molecule has 1 aromatic heterocycles. The predicted octanol–water partition coefficient (Wildman–Crippen LogP) is -0.421. The molecule has 17 heavy (non-hydrogen) atoms. The van der Waals surface area contributed by atoms with E-state index in [0.717, 1.165) is 12.8 Å². The summed E-state index contributed by atoms with van der Waals surface area (Å²) < 4.78 is 0. The fourth-order valence-electron chi connectivity index (χ4n) is 2.07. The zero-order valence-electron chi connectivity index (χ0n) is 9.72. The van der Waals surface area contributed by atoms with Crippen LogP contribution in [0.1, 0.15) is 23.3 Å². The first-order chi connectivity index (χ1) is 8.06. The van der Waals surface area contributed by atoms with Crippen molar-refractivity contribution in [1.29, 1.82) is 0 Å². The quantitative estimate of drug-likeness (QED) is 0.745. The average Bonchev–Trinajstić information content (AvgIpc) is 2.27. The lowest BCUT2D eigenvalue weighted by Crippen LogP contribution is -2.43. The van der Waals surface area contributed by atoms with E-state index in [2.05, 4.69) is 10.2 Å². The van der Waals surface area contributed by atoms with E-state index in [1.165, 1.54) is 12.1 Å². The van der Waals surface area contributed by atoms with Crippen LogP contribution in [0.2, 0.25) is 0 Å². The molecule has 1 fully saturated rings. The van der Waals surface area contributed by atoms with Gasteiger partial charge in [-0.05, 0) is 24.8 Å². The number of hydrogen-bond acceptors (Lipinski definition) is 4. The number of H-pyrrole nitrogens is 1. The summed E-state index contributed by atoms with van der Waals surface area (Å²) >= 11 is 0. The molecule has 1 saturated carbocycles. The molecule has 1 amide bonds. The van der Waals surface area contributed by atoms with Gasteiger partial charge in [0.2, 0.25) is 0 Å². The van der Waals surface area contributed by atoms with Crippen LogP contribution in [0.15, 0.2) is 16.9 Å². The Morgan fingerprint density at radius 1 is 1.59 bits per heavy atom. The highest BCUT2D eigenvalue weighted by Gasteiger charge is 2.28. The number of nitrogens with one attached hydrogen (secondary N) is 1. The lowest BCUT2D eigenvalue weighted by Gasteiger charge is -2.35. The number of nitrogens with two attached hydrogens (primary N) is 1. The Morgan fingerprint density at radius 2 is 2.29 bits per heavy atom. The number of aromatic amines is 1. The molecule has 1 aliphatic carbocycles. The second-order valence-electron chi connectivity index (χ2n) is 4.59. The minimum Gasteiger partial charge on any atom is -0.340 e. The Balaban J connectivity index is 1.94. The number of carbonyl (C=O) groups is 1. The van der Waals surface area contributed by atoms with Gasteiger partial charge in [0.25, 0.3) is 11.5 Å². The van der Waals surface area contributed by atoms with Crippen molar-refractivity contribution in [3.8, 4) is 0 Å². The largest absolute Gasteiger partial charge is 0.340 e. The van der Waals surface area contributed by atoms with Crippen LogP contribution in [0.25, 0.3) is 0 Å². The molecule has 0 atom stereocenters. The van der Waals surface area contributed by atoms with Gasteiger partial charge in [-0.15, -0.1) is 0 Å². The van der Waals surface area contributed by atoms with Gasteiger partial charge in [0.15, 0.2) is 0 Å². The Bertz CT molecular complexity index is 444. The molecule has 92 valence electrons. The Kier molecular flexibility index (Phi) is 3.23. The van der Waals surface area contributed by atoms with Gasteiger partial charge < -0.3 is 10.6 Å². The smallest absolute Gasteiger partial charge is 0.274 e. The second-order valence-corrected chi connectivity index (χ2v) is 4.59. The van der Waals surface area contributed by atoms with Crippen LogP contribution >= 0.6 is 0 Å². The summed E-state index contributed by atoms with van der Waals surface area (Å²) in [6, 6.07) is 3.02. The summed E-state index contributed by atoms with van der Waals surface area (Å²) in [5.74, 6) is 0.309. The highest BCUT2D eigenvalue weighted by atomic mass is 16.2. The summed E-state index contributed by atoms with van der Waals surface area (Å²) in [6.45, 7) is 0.688. The average molecular weight is 236 g/mol. The molecule has 1 aromatic rings. The standard InChI is InChI=1S/C11H16N4O2/c1-15(6-7-4-8(12)5-7)11(17)9-2-3-10(16)14-13-9/h2-3,7-8H,4-6,12H2,1H3,(H,14,16). The van der Waals surface area contributed by atoms with E-state index in [9.17, 15) is 9.59 Å². The molecule has 3 N–H and O–H groups in total. The number of nitrogens with zero attached hydrogens (tertiary/aromatic N) is 2. The van der Waals surface area contributed by atoms with Gasteiger partial charge >= 0.3 is 0 Å². The molecule has 6 heteroatoms. The van der Waals surface area contributed by atoms with Crippen LogP contribution in [0.5, 0.6) is 0 Å². The molecule has 6 nitrogen and oxygen atoms in total. The van der Waals surface area contributed by atoms with Crippen LogP contribution in [0, 0.1) is 5.92 Å². The van der Waals surface area contributed by atoms with Crippen molar-refractivity contribution in [3.05, 3.63) is 28.2 Å². The van der Waals surface area contributed by atoms with Gasteiger partial charge in [0.1, 0.15) is 5.69 Å². The Morgan fingerprint density at radius 3 is 2.82 bits per heavy atom. The fourth-order valence-corrected chi connectivity index (χ4v) is 2.07. The van der Waals surface area contributed by atoms with Gasteiger partial charge in [-0.2, -0.15) is 5.10 Å². The van der Waals surface area contributed by atoms with Crippen LogP contribution in [-0.2, 0) is 0 Å². The van der Waals surface area contributed by atoms with Crippen molar-refractivity contribution in [3.63, 3.8) is 0 Å². The predicted molar refractivity (Wildman–Crippen MR) is 62.5 cm³/mol. The lowest BCUT2D eigenvalue weighted by molar-refractivity contribution is 0.0727. The van der Waals surface area contributed by atoms with E-state index in [4.69, 9.17) is 5.73 Å². The third kappa shape index (κ3) is 2.71. The molecule has 0 bridgehead atoms. The van der Waals surface area contributed by atoms with Crippen molar-refractivity contribution in [2.24, 2.45) is 11.7 Å². The third-order valence-electron chi connectivity index (χ3n) is 3.05. The van der Waals surface area contributed by atoms with E-state index in [0.29, 0.717) is 12.5 Å². The first kappa shape index (κ1) is 11.8. The highest BCUT2D eigenvalue weighted by Crippen LogP contribution is 2.26. The normalized spacial score (nSPS) is 22.9. The zero-order chi connectivity index (χ0) is 12.4. The van der Waals surface area contributed by atoms with E-state index in [1.54, 1.807) is 11.9 Å². The van der Waals surface area contributed by atoms with Crippen molar-refractivity contribution in [2.75, 3.05) is 13.6 Å². The van der Waals surface area contributed by atoms with E-state index >= 15 is 0 Å². The number of amides is 1. The second kappa shape index (κ2) is 4.67. The van der Waals surface area contributed by atoms with E-state index < -0.39 is 0 Å². The number of aromatic nitrogens is 2. The first-order valence-electron chi connectivity index (χ1n) is 5.63. The van der Waals surface area contributed by atoms with Gasteiger partial charge in [-0.3, -0.25) is 9.59 Å².